The zero-order chi connectivity index (χ0) is 27.9. The van der Waals surface area contributed by atoms with Gasteiger partial charge in [0.25, 0.3) is 0 Å². The van der Waals surface area contributed by atoms with Gasteiger partial charge >= 0.3 is 12.0 Å². The molecule has 3 N–H and O–H groups in total. The van der Waals surface area contributed by atoms with E-state index in [1.165, 1.54) is 4.90 Å². The van der Waals surface area contributed by atoms with E-state index in [1.807, 2.05) is 91.0 Å². The molecule has 0 aliphatic heterocycles. The van der Waals surface area contributed by atoms with Crippen molar-refractivity contribution in [2.45, 2.75) is 18.9 Å². The van der Waals surface area contributed by atoms with Crippen molar-refractivity contribution in [1.29, 1.82) is 0 Å². The highest BCUT2D eigenvalue weighted by Crippen LogP contribution is 2.25. The highest BCUT2D eigenvalue weighted by atomic mass is 16.4. The molecule has 40 heavy (non-hydrogen) atoms. The molecular weight excluding hydrogens is 502 g/mol. The van der Waals surface area contributed by atoms with Crippen LogP contribution in [0.2, 0.25) is 0 Å². The number of aromatic nitrogens is 2. The van der Waals surface area contributed by atoms with Crippen LogP contribution in [0.1, 0.15) is 16.7 Å². The van der Waals surface area contributed by atoms with E-state index in [2.05, 4.69) is 20.6 Å². The Morgan fingerprint density at radius 3 is 2.40 bits per heavy atom. The van der Waals surface area contributed by atoms with Crippen molar-refractivity contribution < 1.29 is 14.7 Å². The molecule has 8 nitrogen and oxygen atoms in total. The quantitative estimate of drug-likeness (QED) is 0.222. The van der Waals surface area contributed by atoms with Gasteiger partial charge in [0.2, 0.25) is 0 Å². The zero-order valence-corrected chi connectivity index (χ0v) is 22.0. The Balaban J connectivity index is 1.25. The SMILES string of the molecule is CN(C(=O)NC(Cc1ccc(Nc2nccc3cnccc23)cc1)C(=O)O)c1ccccc1Cc1ccccc1. The lowest BCUT2D eigenvalue weighted by atomic mass is 10.0. The highest BCUT2D eigenvalue weighted by molar-refractivity contribution is 5.95. The number of carbonyl (C=O) groups excluding carboxylic acids is 1. The normalized spacial score (nSPS) is 11.5. The van der Waals surface area contributed by atoms with E-state index in [0.717, 1.165) is 38.8 Å². The molecule has 8 heteroatoms. The fourth-order valence-corrected chi connectivity index (χ4v) is 4.57. The lowest BCUT2D eigenvalue weighted by molar-refractivity contribution is -0.139. The summed E-state index contributed by atoms with van der Waals surface area (Å²) >= 11 is 0. The third kappa shape index (κ3) is 6.24. The number of hydrogen-bond acceptors (Lipinski definition) is 5. The Morgan fingerprint density at radius 1 is 0.875 bits per heavy atom. The smallest absolute Gasteiger partial charge is 0.326 e. The number of benzene rings is 3. The van der Waals surface area contributed by atoms with Crippen molar-refractivity contribution in [1.82, 2.24) is 15.3 Å². The maximum absolute atomic E-state index is 13.1. The van der Waals surface area contributed by atoms with Crippen LogP contribution in [0.15, 0.2) is 110 Å². The first kappa shape index (κ1) is 26.4. The molecule has 0 saturated carbocycles. The molecule has 2 heterocycles. The molecule has 0 fully saturated rings. The number of rotatable bonds is 9. The summed E-state index contributed by atoms with van der Waals surface area (Å²) in [7, 11) is 1.65. The number of carboxylic acids is 1. The largest absolute Gasteiger partial charge is 0.480 e. The molecule has 3 aromatic carbocycles. The van der Waals surface area contributed by atoms with Crippen LogP contribution in [0.25, 0.3) is 10.8 Å². The minimum atomic E-state index is -1.10. The van der Waals surface area contributed by atoms with Crippen LogP contribution in [0.5, 0.6) is 0 Å². The second-order valence-corrected chi connectivity index (χ2v) is 9.47. The van der Waals surface area contributed by atoms with E-state index >= 15 is 0 Å². The summed E-state index contributed by atoms with van der Waals surface area (Å²) in [6.45, 7) is 0. The maximum Gasteiger partial charge on any atom is 0.326 e. The summed E-state index contributed by atoms with van der Waals surface area (Å²) in [5.41, 5.74) is 4.41. The molecule has 0 bridgehead atoms. The van der Waals surface area contributed by atoms with Gasteiger partial charge in [-0.3, -0.25) is 9.88 Å². The second kappa shape index (κ2) is 12.1. The van der Waals surface area contributed by atoms with E-state index in [1.54, 1.807) is 25.6 Å². The number of amides is 2. The van der Waals surface area contributed by atoms with Gasteiger partial charge in [-0.25, -0.2) is 14.6 Å². The number of para-hydroxylation sites is 1. The number of urea groups is 1. The topological polar surface area (TPSA) is 107 Å². The molecule has 0 aliphatic carbocycles. The van der Waals surface area contributed by atoms with Crippen LogP contribution in [0.4, 0.5) is 22.0 Å². The van der Waals surface area contributed by atoms with Gasteiger partial charge in [0, 0.05) is 54.2 Å². The number of pyridine rings is 2. The van der Waals surface area contributed by atoms with Crippen LogP contribution in [0.3, 0.4) is 0 Å². The van der Waals surface area contributed by atoms with Gasteiger partial charge in [-0.15, -0.1) is 0 Å². The molecule has 5 rings (SSSR count). The molecule has 2 amide bonds. The lowest BCUT2D eigenvalue weighted by Crippen LogP contribution is -2.48. The highest BCUT2D eigenvalue weighted by Gasteiger charge is 2.24. The Labute approximate surface area is 232 Å². The summed E-state index contributed by atoms with van der Waals surface area (Å²) in [5.74, 6) is -0.394. The fraction of sp³-hybridized carbons (Fsp3) is 0.125. The number of fused-ring (bicyclic) bond motifs is 1. The Kier molecular flexibility index (Phi) is 7.97. The summed E-state index contributed by atoms with van der Waals surface area (Å²) in [6, 6.07) is 27.3. The van der Waals surface area contributed by atoms with E-state index in [4.69, 9.17) is 0 Å². The van der Waals surface area contributed by atoms with Gasteiger partial charge < -0.3 is 15.7 Å². The molecule has 0 spiro atoms. The minimum absolute atomic E-state index is 0.138. The van der Waals surface area contributed by atoms with Gasteiger partial charge in [0.05, 0.1) is 0 Å². The van der Waals surface area contributed by atoms with Gasteiger partial charge in [0.1, 0.15) is 11.9 Å². The van der Waals surface area contributed by atoms with Crippen molar-refractivity contribution >= 4 is 40.0 Å². The van der Waals surface area contributed by atoms with Gasteiger partial charge in [-0.05, 0) is 53.4 Å². The summed E-state index contributed by atoms with van der Waals surface area (Å²) in [6.07, 6.45) is 6.02. The van der Waals surface area contributed by atoms with Crippen molar-refractivity contribution in [3.05, 3.63) is 126 Å². The molecule has 0 radical (unpaired) electrons. The van der Waals surface area contributed by atoms with Crippen LogP contribution < -0.4 is 15.5 Å². The van der Waals surface area contributed by atoms with E-state index in [9.17, 15) is 14.7 Å². The first-order chi connectivity index (χ1) is 19.5. The number of anilines is 3. The summed E-state index contributed by atoms with van der Waals surface area (Å²) in [5, 5.41) is 17.8. The van der Waals surface area contributed by atoms with E-state index < -0.39 is 18.0 Å². The number of carboxylic acid groups (broad SMARTS) is 1. The van der Waals surface area contributed by atoms with Crippen LogP contribution >= 0.6 is 0 Å². The van der Waals surface area contributed by atoms with Crippen molar-refractivity contribution in [2.75, 3.05) is 17.3 Å². The molecule has 2 aromatic heterocycles. The number of nitrogens with one attached hydrogen (secondary N) is 2. The second-order valence-electron chi connectivity index (χ2n) is 9.47. The number of nitrogens with zero attached hydrogens (tertiary/aromatic N) is 3. The standard InChI is InChI=1S/C32H29N5O3/c1-37(29-10-6-5-9-24(29)19-22-7-3-2-4-8-22)32(40)36-28(31(38)39)20-23-11-13-26(14-12-23)35-30-27-16-17-33-21-25(27)15-18-34-30/h2-18,21,28H,19-20H2,1H3,(H,34,35)(H,36,40)(H,38,39). The summed E-state index contributed by atoms with van der Waals surface area (Å²) in [4.78, 5) is 35.3. The average Bonchev–Trinajstić information content (AvgIpc) is 2.98. The third-order valence-electron chi connectivity index (χ3n) is 6.71. The van der Waals surface area contributed by atoms with Crippen molar-refractivity contribution in [2.24, 2.45) is 0 Å². The molecule has 0 saturated heterocycles. The average molecular weight is 532 g/mol. The summed E-state index contributed by atoms with van der Waals surface area (Å²) < 4.78 is 0. The maximum atomic E-state index is 13.1. The number of carbonyl (C=O) groups is 2. The predicted octanol–water partition coefficient (Wildman–Crippen LogP) is 5.81. The van der Waals surface area contributed by atoms with Crippen molar-refractivity contribution in [3.63, 3.8) is 0 Å². The lowest BCUT2D eigenvalue weighted by Gasteiger charge is -2.24. The zero-order valence-electron chi connectivity index (χ0n) is 22.0. The van der Waals surface area contributed by atoms with Crippen LogP contribution in [0, 0.1) is 0 Å². The molecule has 200 valence electrons. The van der Waals surface area contributed by atoms with E-state index in [-0.39, 0.29) is 6.42 Å². The van der Waals surface area contributed by atoms with Gasteiger partial charge in [-0.2, -0.15) is 0 Å². The number of aliphatic carboxylic acids is 1. The Morgan fingerprint density at radius 2 is 1.62 bits per heavy atom. The Bertz CT molecular complexity index is 1620. The predicted molar refractivity (Wildman–Crippen MR) is 157 cm³/mol. The van der Waals surface area contributed by atoms with Crippen LogP contribution in [-0.2, 0) is 17.6 Å². The van der Waals surface area contributed by atoms with Crippen molar-refractivity contribution in [3.8, 4) is 0 Å². The van der Waals surface area contributed by atoms with Gasteiger partial charge in [-0.1, -0.05) is 60.7 Å². The monoisotopic (exact) mass is 531 g/mol. The molecule has 5 aromatic rings. The first-order valence-electron chi connectivity index (χ1n) is 12.9. The third-order valence-corrected chi connectivity index (χ3v) is 6.71. The first-order valence-corrected chi connectivity index (χ1v) is 12.9. The van der Waals surface area contributed by atoms with Gasteiger partial charge in [0.15, 0.2) is 0 Å². The molecule has 1 atom stereocenters. The van der Waals surface area contributed by atoms with E-state index in [0.29, 0.717) is 12.2 Å². The molecule has 1 unspecified atom stereocenters. The molecule has 0 aliphatic rings. The minimum Gasteiger partial charge on any atom is -0.480 e. The Hall–Kier alpha value is -5.24. The fourth-order valence-electron chi connectivity index (χ4n) is 4.57. The number of hydrogen-bond donors (Lipinski definition) is 3. The molecular formula is C32H29N5O3. The van der Waals surface area contributed by atoms with Crippen LogP contribution in [-0.4, -0.2) is 40.2 Å².